The van der Waals surface area contributed by atoms with Crippen LogP contribution < -0.4 is 0 Å². The lowest BCUT2D eigenvalue weighted by Gasteiger charge is -2.32. The minimum absolute atomic E-state index is 0.111. The van der Waals surface area contributed by atoms with Crippen LogP contribution in [0.25, 0.3) is 11.1 Å². The molecule has 2 heterocycles. The Morgan fingerprint density at radius 2 is 1.62 bits per heavy atom. The summed E-state index contributed by atoms with van der Waals surface area (Å²) in [6.45, 7) is 5.24. The van der Waals surface area contributed by atoms with E-state index in [4.69, 9.17) is 0 Å². The SMILES string of the molecule is CC(C)C1C(=O)N(Cc2cn(CC3CCCCC3)nn2)CCS(=O)(=O)N1Cc1ccc(-c2ccccc2)cc1. The second kappa shape index (κ2) is 12.0. The van der Waals surface area contributed by atoms with Crippen LogP contribution in [0.1, 0.15) is 57.2 Å². The van der Waals surface area contributed by atoms with Gasteiger partial charge in [-0.05, 0) is 41.4 Å². The number of benzene rings is 2. The molecule has 2 fully saturated rings. The maximum Gasteiger partial charge on any atom is 0.241 e. The van der Waals surface area contributed by atoms with Gasteiger partial charge >= 0.3 is 0 Å². The standard InChI is InChI=1S/C30H39N5O3S/c1-23(2)29-30(36)33(21-28-22-34(32-31-28)19-24-9-5-3-6-10-24)17-18-39(37,38)35(29)20-25-13-15-27(16-14-25)26-11-7-4-8-12-26/h4,7-8,11-16,22-24,29H,3,5-6,9-10,17-21H2,1-2H3. The Balaban J connectivity index is 1.31. The molecule has 1 atom stereocenters. The van der Waals surface area contributed by atoms with E-state index in [1.165, 1.54) is 36.4 Å². The van der Waals surface area contributed by atoms with Gasteiger partial charge in [0.25, 0.3) is 0 Å². The third kappa shape index (κ3) is 6.58. The third-order valence-electron chi connectivity index (χ3n) is 7.99. The van der Waals surface area contributed by atoms with Crippen LogP contribution in [0.4, 0.5) is 0 Å². The van der Waals surface area contributed by atoms with Gasteiger partial charge in [0.05, 0.1) is 18.5 Å². The van der Waals surface area contributed by atoms with E-state index in [1.807, 2.05) is 79.3 Å². The van der Waals surface area contributed by atoms with Crippen molar-refractivity contribution in [2.45, 2.75) is 71.6 Å². The molecule has 3 aromatic rings. The number of hydrogen-bond acceptors (Lipinski definition) is 5. The Morgan fingerprint density at radius 1 is 0.923 bits per heavy atom. The highest BCUT2D eigenvalue weighted by Crippen LogP contribution is 2.27. The van der Waals surface area contributed by atoms with Crippen LogP contribution in [-0.4, -0.2) is 56.9 Å². The van der Waals surface area contributed by atoms with Gasteiger partial charge in [-0.2, -0.15) is 4.31 Å². The lowest BCUT2D eigenvalue weighted by atomic mass is 9.89. The number of hydrogen-bond donors (Lipinski definition) is 0. The van der Waals surface area contributed by atoms with Gasteiger partial charge in [-0.15, -0.1) is 5.10 Å². The van der Waals surface area contributed by atoms with Crippen LogP contribution in [0.3, 0.4) is 0 Å². The van der Waals surface area contributed by atoms with Gasteiger partial charge in [-0.3, -0.25) is 9.48 Å². The molecule has 1 saturated heterocycles. The molecule has 208 valence electrons. The van der Waals surface area contributed by atoms with Crippen molar-refractivity contribution in [3.05, 3.63) is 72.1 Å². The van der Waals surface area contributed by atoms with E-state index in [9.17, 15) is 13.2 Å². The van der Waals surface area contributed by atoms with E-state index in [2.05, 4.69) is 10.3 Å². The number of aromatic nitrogens is 3. The van der Waals surface area contributed by atoms with Crippen molar-refractivity contribution in [3.8, 4) is 11.1 Å². The molecule has 1 saturated carbocycles. The average molecular weight is 550 g/mol. The topological polar surface area (TPSA) is 88.4 Å². The van der Waals surface area contributed by atoms with Gasteiger partial charge in [-0.25, -0.2) is 8.42 Å². The number of nitrogens with zero attached hydrogens (tertiary/aromatic N) is 5. The van der Waals surface area contributed by atoms with Crippen molar-refractivity contribution in [1.82, 2.24) is 24.2 Å². The second-order valence-corrected chi connectivity index (χ2v) is 13.3. The summed E-state index contributed by atoms with van der Waals surface area (Å²) in [5.41, 5.74) is 3.73. The first-order valence-electron chi connectivity index (χ1n) is 14.1. The van der Waals surface area contributed by atoms with Crippen LogP contribution in [0, 0.1) is 11.8 Å². The average Bonchev–Trinajstić information content (AvgIpc) is 3.35. The molecule has 0 bridgehead atoms. The smallest absolute Gasteiger partial charge is 0.241 e. The van der Waals surface area contributed by atoms with E-state index < -0.39 is 16.1 Å². The molecule has 5 rings (SSSR count). The molecule has 1 amide bonds. The first-order chi connectivity index (χ1) is 18.8. The summed E-state index contributed by atoms with van der Waals surface area (Å²) in [4.78, 5) is 15.5. The van der Waals surface area contributed by atoms with E-state index >= 15 is 0 Å². The summed E-state index contributed by atoms with van der Waals surface area (Å²) >= 11 is 0. The zero-order chi connectivity index (χ0) is 27.4. The number of rotatable bonds is 8. The molecule has 1 aromatic heterocycles. The third-order valence-corrected chi connectivity index (χ3v) is 9.76. The van der Waals surface area contributed by atoms with E-state index in [-0.39, 0.29) is 37.2 Å². The zero-order valence-electron chi connectivity index (χ0n) is 22.9. The van der Waals surface area contributed by atoms with Crippen LogP contribution in [0.5, 0.6) is 0 Å². The maximum atomic E-state index is 13.8. The number of amides is 1. The molecule has 0 radical (unpaired) electrons. The molecule has 1 aliphatic heterocycles. The predicted octanol–water partition coefficient (Wildman–Crippen LogP) is 4.72. The van der Waals surface area contributed by atoms with Crippen molar-refractivity contribution in [2.24, 2.45) is 11.8 Å². The van der Waals surface area contributed by atoms with Crippen molar-refractivity contribution in [1.29, 1.82) is 0 Å². The van der Waals surface area contributed by atoms with Crippen molar-refractivity contribution >= 4 is 15.9 Å². The molecule has 39 heavy (non-hydrogen) atoms. The van der Waals surface area contributed by atoms with E-state index in [1.54, 1.807) is 4.90 Å². The molecule has 1 unspecified atom stereocenters. The van der Waals surface area contributed by atoms with Crippen molar-refractivity contribution in [2.75, 3.05) is 12.3 Å². The molecule has 0 spiro atoms. The summed E-state index contributed by atoms with van der Waals surface area (Å²) in [6, 6.07) is 17.2. The van der Waals surface area contributed by atoms with Gasteiger partial charge in [0.15, 0.2) is 0 Å². The van der Waals surface area contributed by atoms with Crippen molar-refractivity contribution in [3.63, 3.8) is 0 Å². The Kier molecular flexibility index (Phi) is 8.47. The van der Waals surface area contributed by atoms with Crippen molar-refractivity contribution < 1.29 is 13.2 Å². The number of sulfonamides is 1. The first kappa shape index (κ1) is 27.5. The number of carbonyl (C=O) groups is 1. The van der Waals surface area contributed by atoms with E-state index in [0.29, 0.717) is 11.6 Å². The van der Waals surface area contributed by atoms with Gasteiger partial charge in [0.1, 0.15) is 11.7 Å². The molecule has 2 aromatic carbocycles. The highest BCUT2D eigenvalue weighted by Gasteiger charge is 2.42. The van der Waals surface area contributed by atoms with Crippen LogP contribution in [0.15, 0.2) is 60.8 Å². The predicted molar refractivity (Wildman–Crippen MR) is 152 cm³/mol. The first-order valence-corrected chi connectivity index (χ1v) is 15.7. The fourth-order valence-electron chi connectivity index (χ4n) is 5.85. The molecule has 8 nitrogen and oxygen atoms in total. The monoisotopic (exact) mass is 549 g/mol. The lowest BCUT2D eigenvalue weighted by molar-refractivity contribution is -0.136. The second-order valence-electron chi connectivity index (χ2n) is 11.3. The molecular weight excluding hydrogens is 510 g/mol. The molecule has 9 heteroatoms. The highest BCUT2D eigenvalue weighted by molar-refractivity contribution is 7.89. The summed E-state index contributed by atoms with van der Waals surface area (Å²) in [5, 5.41) is 8.63. The summed E-state index contributed by atoms with van der Waals surface area (Å²) in [5.74, 6) is 0.159. The van der Waals surface area contributed by atoms with Crippen LogP contribution in [-0.2, 0) is 34.5 Å². The number of carbonyl (C=O) groups excluding carboxylic acids is 1. The zero-order valence-corrected chi connectivity index (χ0v) is 23.8. The van der Waals surface area contributed by atoms with Gasteiger partial charge in [0.2, 0.25) is 15.9 Å². The Morgan fingerprint density at radius 3 is 2.31 bits per heavy atom. The fourth-order valence-corrected chi connectivity index (χ4v) is 7.56. The fraction of sp³-hybridized carbons (Fsp3) is 0.500. The van der Waals surface area contributed by atoms with Gasteiger partial charge in [-0.1, -0.05) is 92.9 Å². The van der Waals surface area contributed by atoms with E-state index in [0.717, 1.165) is 23.2 Å². The molecule has 2 aliphatic rings. The normalized spacial score (nSPS) is 20.8. The van der Waals surface area contributed by atoms with Gasteiger partial charge < -0.3 is 4.90 Å². The maximum absolute atomic E-state index is 13.8. The quantitative estimate of drug-likeness (QED) is 0.406. The lowest BCUT2D eigenvalue weighted by Crippen LogP contribution is -2.49. The highest BCUT2D eigenvalue weighted by atomic mass is 32.2. The minimum Gasteiger partial charge on any atom is -0.334 e. The summed E-state index contributed by atoms with van der Waals surface area (Å²) < 4.78 is 30.3. The molecule has 1 aliphatic carbocycles. The summed E-state index contributed by atoms with van der Waals surface area (Å²) in [6.07, 6.45) is 8.21. The van der Waals surface area contributed by atoms with Gasteiger partial charge in [0, 0.05) is 19.6 Å². The summed E-state index contributed by atoms with van der Waals surface area (Å²) in [7, 11) is -3.66. The Bertz CT molecular complexity index is 1350. The Labute approximate surface area is 232 Å². The largest absolute Gasteiger partial charge is 0.334 e. The Hall–Kier alpha value is -3.04. The van der Waals surface area contributed by atoms with Crippen LogP contribution >= 0.6 is 0 Å². The molecule has 0 N–H and O–H groups in total. The van der Waals surface area contributed by atoms with Crippen LogP contribution in [0.2, 0.25) is 0 Å². The molecular formula is C30H39N5O3S. The minimum atomic E-state index is -3.66.